The van der Waals surface area contributed by atoms with Crippen molar-refractivity contribution < 1.29 is 31.2 Å². The van der Waals surface area contributed by atoms with E-state index in [0.717, 1.165) is 17.7 Å². The second kappa shape index (κ2) is 13.6. The van der Waals surface area contributed by atoms with Crippen LogP contribution in [0.4, 0.5) is 18.9 Å². The summed E-state index contributed by atoms with van der Waals surface area (Å²) in [6, 6.07) is 15.3. The lowest BCUT2D eigenvalue weighted by Gasteiger charge is -2.34. The molecule has 7 nitrogen and oxygen atoms in total. The van der Waals surface area contributed by atoms with Crippen molar-refractivity contribution in [1.29, 1.82) is 0 Å². The van der Waals surface area contributed by atoms with Crippen molar-refractivity contribution in [3.63, 3.8) is 0 Å². The number of sulfonamides is 1. The van der Waals surface area contributed by atoms with E-state index in [9.17, 15) is 31.2 Å². The Morgan fingerprint density at radius 2 is 1.60 bits per heavy atom. The van der Waals surface area contributed by atoms with Crippen molar-refractivity contribution >= 4 is 39.1 Å². The number of nitrogens with one attached hydrogen (secondary N) is 1. The van der Waals surface area contributed by atoms with Crippen LogP contribution < -0.4 is 9.62 Å². The molecule has 0 fully saturated rings. The standard InChI is InChI=1S/C30H33ClF3N3O4S/c1-5-26(29(39)35-20(2)3)36(18-22-13-11-21(4)12-14-22)28(38)19-37(42(40,41)24-9-7-6-8-10-24)27-17-23(30(32,33)34)15-16-25(27)31/h6-17,20,26H,5,18-19H2,1-4H3,(H,35,39)/t26-/m1/s1. The highest BCUT2D eigenvalue weighted by Crippen LogP contribution is 2.37. The Hall–Kier alpha value is -3.57. The van der Waals surface area contributed by atoms with Gasteiger partial charge in [-0.2, -0.15) is 13.2 Å². The van der Waals surface area contributed by atoms with Crippen LogP contribution in [0.1, 0.15) is 43.9 Å². The Kier molecular flexibility index (Phi) is 10.7. The lowest BCUT2D eigenvalue weighted by molar-refractivity contribution is -0.140. The molecule has 226 valence electrons. The summed E-state index contributed by atoms with van der Waals surface area (Å²) in [5, 5.41) is 2.49. The first kappa shape index (κ1) is 32.9. The lowest BCUT2D eigenvalue weighted by Crippen LogP contribution is -2.53. The normalized spacial score (nSPS) is 12.6. The molecule has 0 saturated carbocycles. The van der Waals surface area contributed by atoms with Crippen molar-refractivity contribution in [1.82, 2.24) is 10.2 Å². The number of hydrogen-bond donors (Lipinski definition) is 1. The fourth-order valence-electron chi connectivity index (χ4n) is 4.30. The monoisotopic (exact) mass is 623 g/mol. The summed E-state index contributed by atoms with van der Waals surface area (Å²) in [5.41, 5.74) is 0.000352. The van der Waals surface area contributed by atoms with Gasteiger partial charge in [-0.25, -0.2) is 8.42 Å². The molecule has 0 aliphatic rings. The van der Waals surface area contributed by atoms with E-state index in [0.29, 0.717) is 15.9 Å². The molecular formula is C30H33ClF3N3O4S. The first-order valence-corrected chi connectivity index (χ1v) is 15.1. The van der Waals surface area contributed by atoms with Gasteiger partial charge >= 0.3 is 6.18 Å². The van der Waals surface area contributed by atoms with Crippen LogP contribution in [0.5, 0.6) is 0 Å². The number of anilines is 1. The minimum absolute atomic E-state index is 0.0430. The van der Waals surface area contributed by atoms with E-state index in [1.807, 2.05) is 19.1 Å². The summed E-state index contributed by atoms with van der Waals surface area (Å²) in [6.07, 6.45) is -4.60. The van der Waals surface area contributed by atoms with Gasteiger partial charge in [-0.3, -0.25) is 13.9 Å². The van der Waals surface area contributed by atoms with Crippen LogP contribution in [0.3, 0.4) is 0 Å². The number of alkyl halides is 3. The third-order valence-corrected chi connectivity index (χ3v) is 8.54. The molecule has 0 spiro atoms. The average Bonchev–Trinajstić information content (AvgIpc) is 2.92. The fraction of sp³-hybridized carbons (Fsp3) is 0.333. The van der Waals surface area contributed by atoms with E-state index in [-0.39, 0.29) is 28.9 Å². The van der Waals surface area contributed by atoms with Crippen LogP contribution in [0.25, 0.3) is 0 Å². The molecule has 42 heavy (non-hydrogen) atoms. The van der Waals surface area contributed by atoms with Crippen LogP contribution >= 0.6 is 11.6 Å². The Morgan fingerprint density at radius 1 is 0.976 bits per heavy atom. The predicted molar refractivity (Wildman–Crippen MR) is 157 cm³/mol. The molecule has 3 aromatic carbocycles. The van der Waals surface area contributed by atoms with E-state index in [1.165, 1.54) is 29.2 Å². The maximum atomic E-state index is 14.0. The molecule has 3 aromatic rings. The number of amides is 2. The highest BCUT2D eigenvalue weighted by molar-refractivity contribution is 7.92. The Morgan fingerprint density at radius 3 is 2.14 bits per heavy atom. The largest absolute Gasteiger partial charge is 0.416 e. The minimum atomic E-state index is -4.80. The zero-order valence-electron chi connectivity index (χ0n) is 23.7. The molecule has 1 atom stereocenters. The lowest BCUT2D eigenvalue weighted by atomic mass is 10.1. The number of rotatable bonds is 11. The van der Waals surface area contributed by atoms with E-state index in [1.54, 1.807) is 39.0 Å². The van der Waals surface area contributed by atoms with E-state index in [2.05, 4.69) is 5.32 Å². The minimum Gasteiger partial charge on any atom is -0.352 e. The molecule has 3 rings (SSSR count). The highest BCUT2D eigenvalue weighted by Gasteiger charge is 2.37. The van der Waals surface area contributed by atoms with Gasteiger partial charge in [0.05, 0.1) is 21.2 Å². The molecule has 12 heteroatoms. The molecule has 0 bridgehead atoms. The molecule has 0 aromatic heterocycles. The molecule has 0 heterocycles. The molecule has 0 unspecified atom stereocenters. The highest BCUT2D eigenvalue weighted by atomic mass is 35.5. The smallest absolute Gasteiger partial charge is 0.352 e. The fourth-order valence-corrected chi connectivity index (χ4v) is 6.02. The third kappa shape index (κ3) is 8.04. The average molecular weight is 624 g/mol. The summed E-state index contributed by atoms with van der Waals surface area (Å²) in [5.74, 6) is -1.24. The molecule has 0 radical (unpaired) electrons. The first-order valence-electron chi connectivity index (χ1n) is 13.2. The molecule has 0 aliphatic carbocycles. The molecule has 2 amide bonds. The summed E-state index contributed by atoms with van der Waals surface area (Å²) in [4.78, 5) is 28.2. The second-order valence-electron chi connectivity index (χ2n) is 10.1. The van der Waals surface area contributed by atoms with Gasteiger partial charge in [0.15, 0.2) is 0 Å². The van der Waals surface area contributed by atoms with Crippen molar-refractivity contribution in [2.45, 2.75) is 63.8 Å². The van der Waals surface area contributed by atoms with E-state index >= 15 is 0 Å². The molecule has 1 N–H and O–H groups in total. The van der Waals surface area contributed by atoms with Gasteiger partial charge in [0, 0.05) is 12.6 Å². The summed E-state index contributed by atoms with van der Waals surface area (Å²) >= 11 is 6.28. The number of aryl methyl sites for hydroxylation is 1. The maximum Gasteiger partial charge on any atom is 0.416 e. The zero-order chi connectivity index (χ0) is 31.2. The first-order chi connectivity index (χ1) is 19.6. The molecular weight excluding hydrogens is 591 g/mol. The Labute approximate surface area is 249 Å². The SMILES string of the molecule is CC[C@H](C(=O)NC(C)C)N(Cc1ccc(C)cc1)C(=O)CN(c1cc(C(F)(F)F)ccc1Cl)S(=O)(=O)c1ccccc1. The van der Waals surface area contributed by atoms with Crippen LogP contribution in [-0.2, 0) is 32.3 Å². The number of carbonyl (C=O) groups excluding carboxylic acids is 2. The van der Waals surface area contributed by atoms with Gasteiger partial charge in [-0.15, -0.1) is 0 Å². The second-order valence-corrected chi connectivity index (χ2v) is 12.4. The topological polar surface area (TPSA) is 86.8 Å². The molecule has 0 aliphatic heterocycles. The quantitative estimate of drug-likeness (QED) is 0.276. The summed E-state index contributed by atoms with van der Waals surface area (Å²) < 4.78 is 69.2. The van der Waals surface area contributed by atoms with Crippen LogP contribution in [0.15, 0.2) is 77.7 Å². The third-order valence-electron chi connectivity index (χ3n) is 6.44. The van der Waals surface area contributed by atoms with Crippen LogP contribution in [0.2, 0.25) is 5.02 Å². The van der Waals surface area contributed by atoms with Crippen molar-refractivity contribution in [3.8, 4) is 0 Å². The van der Waals surface area contributed by atoms with Gasteiger partial charge in [-0.05, 0) is 63.1 Å². The van der Waals surface area contributed by atoms with Gasteiger partial charge in [0.25, 0.3) is 10.0 Å². The Bertz CT molecular complexity index is 1500. The predicted octanol–water partition coefficient (Wildman–Crippen LogP) is 6.19. The van der Waals surface area contributed by atoms with Crippen LogP contribution in [0, 0.1) is 6.92 Å². The van der Waals surface area contributed by atoms with E-state index < -0.39 is 51.9 Å². The van der Waals surface area contributed by atoms with Gasteiger partial charge in [0.2, 0.25) is 11.8 Å². The van der Waals surface area contributed by atoms with Gasteiger partial charge in [-0.1, -0.05) is 66.6 Å². The number of benzene rings is 3. The number of nitrogens with zero attached hydrogens (tertiary/aromatic N) is 2. The van der Waals surface area contributed by atoms with Gasteiger partial charge in [0.1, 0.15) is 12.6 Å². The maximum absolute atomic E-state index is 14.0. The Balaban J connectivity index is 2.15. The van der Waals surface area contributed by atoms with Crippen molar-refractivity contribution in [3.05, 3.63) is 94.5 Å². The summed E-state index contributed by atoms with van der Waals surface area (Å²) in [7, 11) is -4.58. The summed E-state index contributed by atoms with van der Waals surface area (Å²) in [6.45, 7) is 6.18. The zero-order valence-corrected chi connectivity index (χ0v) is 25.2. The van der Waals surface area contributed by atoms with Crippen molar-refractivity contribution in [2.24, 2.45) is 0 Å². The van der Waals surface area contributed by atoms with Crippen molar-refractivity contribution in [2.75, 3.05) is 10.8 Å². The number of hydrogen-bond acceptors (Lipinski definition) is 4. The number of carbonyl (C=O) groups is 2. The van der Waals surface area contributed by atoms with Crippen LogP contribution in [-0.4, -0.2) is 43.8 Å². The van der Waals surface area contributed by atoms with E-state index in [4.69, 9.17) is 11.6 Å². The van der Waals surface area contributed by atoms with Gasteiger partial charge < -0.3 is 10.2 Å². The molecule has 0 saturated heterocycles. The number of halogens is 4.